The molecule has 1 aromatic rings. The minimum Gasteiger partial charge on any atom is -0.299 e. The number of ketones is 1. The van der Waals surface area contributed by atoms with Crippen molar-refractivity contribution in [3.05, 3.63) is 35.9 Å². The standard InChI is InChI=1S/C19H30O/c1-4-7-8-9-13-16-18(20)19(5-2,6-3)17-14-11-10-12-15-17/h10-12,14-15H,4-9,13,16H2,1-3H3. The molecule has 0 aliphatic carbocycles. The van der Waals surface area contributed by atoms with Crippen molar-refractivity contribution < 1.29 is 4.79 Å². The molecule has 0 saturated heterocycles. The Labute approximate surface area is 124 Å². The van der Waals surface area contributed by atoms with Gasteiger partial charge < -0.3 is 0 Å². The van der Waals surface area contributed by atoms with Crippen LogP contribution in [0, 0.1) is 0 Å². The summed E-state index contributed by atoms with van der Waals surface area (Å²) in [6.45, 7) is 6.51. The van der Waals surface area contributed by atoms with Crippen molar-refractivity contribution in [2.45, 2.75) is 77.6 Å². The lowest BCUT2D eigenvalue weighted by atomic mass is 9.71. The minimum atomic E-state index is -0.258. The van der Waals surface area contributed by atoms with Gasteiger partial charge in [-0.05, 0) is 24.8 Å². The second-order valence-corrected chi connectivity index (χ2v) is 5.74. The molecule has 0 unspecified atom stereocenters. The van der Waals surface area contributed by atoms with E-state index in [0.717, 1.165) is 25.7 Å². The highest BCUT2D eigenvalue weighted by Crippen LogP contribution is 2.34. The van der Waals surface area contributed by atoms with Crippen LogP contribution < -0.4 is 0 Å². The van der Waals surface area contributed by atoms with Crippen molar-refractivity contribution in [1.29, 1.82) is 0 Å². The third-order valence-corrected chi connectivity index (χ3v) is 4.57. The molecule has 0 spiro atoms. The molecule has 1 nitrogen and oxygen atoms in total. The number of unbranched alkanes of at least 4 members (excludes halogenated alkanes) is 4. The molecule has 0 radical (unpaired) electrons. The van der Waals surface area contributed by atoms with Crippen molar-refractivity contribution in [2.24, 2.45) is 0 Å². The highest BCUT2D eigenvalue weighted by atomic mass is 16.1. The Morgan fingerprint density at radius 3 is 2.05 bits per heavy atom. The molecular formula is C19H30O. The van der Waals surface area contributed by atoms with E-state index in [9.17, 15) is 4.79 Å². The van der Waals surface area contributed by atoms with Crippen LogP contribution in [0.15, 0.2) is 30.3 Å². The van der Waals surface area contributed by atoms with Crippen LogP contribution in [0.25, 0.3) is 0 Å². The Hall–Kier alpha value is -1.11. The molecule has 1 rings (SSSR count). The lowest BCUT2D eigenvalue weighted by molar-refractivity contribution is -0.125. The average Bonchev–Trinajstić information content (AvgIpc) is 2.50. The number of benzene rings is 1. The first-order valence-corrected chi connectivity index (χ1v) is 8.30. The van der Waals surface area contributed by atoms with Crippen molar-refractivity contribution in [3.8, 4) is 0 Å². The quantitative estimate of drug-likeness (QED) is 0.502. The first kappa shape index (κ1) is 16.9. The average molecular weight is 274 g/mol. The van der Waals surface area contributed by atoms with E-state index in [1.54, 1.807) is 0 Å². The predicted octanol–water partition coefficient (Wildman–Crippen LogP) is 5.67. The molecule has 0 bridgehead atoms. The largest absolute Gasteiger partial charge is 0.299 e. The zero-order valence-corrected chi connectivity index (χ0v) is 13.5. The fourth-order valence-electron chi connectivity index (χ4n) is 3.10. The Balaban J connectivity index is 2.68. The summed E-state index contributed by atoms with van der Waals surface area (Å²) >= 11 is 0. The zero-order valence-electron chi connectivity index (χ0n) is 13.5. The molecule has 0 atom stereocenters. The van der Waals surface area contributed by atoms with Crippen LogP contribution in [0.1, 0.15) is 77.7 Å². The molecule has 0 amide bonds. The van der Waals surface area contributed by atoms with E-state index in [1.165, 1.54) is 31.2 Å². The van der Waals surface area contributed by atoms with Gasteiger partial charge in [-0.15, -0.1) is 0 Å². The summed E-state index contributed by atoms with van der Waals surface area (Å²) < 4.78 is 0. The lowest BCUT2D eigenvalue weighted by Gasteiger charge is -2.31. The van der Waals surface area contributed by atoms with Crippen LogP contribution in [0.3, 0.4) is 0 Å². The number of rotatable bonds is 10. The normalized spacial score (nSPS) is 11.6. The molecule has 0 aromatic heterocycles. The summed E-state index contributed by atoms with van der Waals surface area (Å²) in [4.78, 5) is 12.8. The number of Topliss-reactive ketones (excluding diaryl/α,β-unsaturated/α-hetero) is 1. The topological polar surface area (TPSA) is 17.1 Å². The van der Waals surface area contributed by atoms with Crippen molar-refractivity contribution in [3.63, 3.8) is 0 Å². The SMILES string of the molecule is CCCCCCCC(=O)C(CC)(CC)c1ccccc1. The molecule has 112 valence electrons. The van der Waals surface area contributed by atoms with E-state index in [2.05, 4.69) is 32.9 Å². The van der Waals surface area contributed by atoms with Gasteiger partial charge in [0.1, 0.15) is 5.78 Å². The second kappa shape index (κ2) is 8.94. The monoisotopic (exact) mass is 274 g/mol. The Morgan fingerprint density at radius 2 is 1.50 bits per heavy atom. The highest BCUT2D eigenvalue weighted by Gasteiger charge is 2.35. The highest BCUT2D eigenvalue weighted by molar-refractivity contribution is 5.90. The summed E-state index contributed by atoms with van der Waals surface area (Å²) in [6, 6.07) is 10.3. The molecule has 0 fully saturated rings. The molecule has 20 heavy (non-hydrogen) atoms. The van der Waals surface area contributed by atoms with Crippen LogP contribution in [-0.2, 0) is 10.2 Å². The van der Waals surface area contributed by atoms with Gasteiger partial charge in [0.15, 0.2) is 0 Å². The third-order valence-electron chi connectivity index (χ3n) is 4.57. The summed E-state index contributed by atoms with van der Waals surface area (Å²) in [5.41, 5.74) is 0.940. The second-order valence-electron chi connectivity index (χ2n) is 5.74. The molecule has 1 heteroatoms. The maximum atomic E-state index is 12.8. The van der Waals surface area contributed by atoms with Crippen LogP contribution >= 0.6 is 0 Å². The zero-order chi connectivity index (χ0) is 14.8. The third kappa shape index (κ3) is 4.19. The maximum absolute atomic E-state index is 12.8. The number of carbonyl (C=O) groups excluding carboxylic acids is 1. The molecule has 0 saturated carbocycles. The summed E-state index contributed by atoms with van der Waals surface area (Å²) in [5, 5.41) is 0. The summed E-state index contributed by atoms with van der Waals surface area (Å²) in [6.07, 6.45) is 8.60. The number of hydrogen-bond donors (Lipinski definition) is 0. The predicted molar refractivity (Wildman–Crippen MR) is 87.1 cm³/mol. The van der Waals surface area contributed by atoms with Crippen molar-refractivity contribution in [1.82, 2.24) is 0 Å². The van der Waals surface area contributed by atoms with Crippen LogP contribution in [0.4, 0.5) is 0 Å². The molecule has 0 aliphatic heterocycles. The smallest absolute Gasteiger partial charge is 0.143 e. The fourth-order valence-corrected chi connectivity index (χ4v) is 3.10. The summed E-state index contributed by atoms with van der Waals surface area (Å²) in [5.74, 6) is 0.435. The van der Waals surface area contributed by atoms with Gasteiger partial charge in [-0.2, -0.15) is 0 Å². The summed E-state index contributed by atoms with van der Waals surface area (Å²) in [7, 11) is 0. The van der Waals surface area contributed by atoms with Gasteiger partial charge in [-0.1, -0.05) is 76.8 Å². The van der Waals surface area contributed by atoms with Gasteiger partial charge in [-0.3, -0.25) is 4.79 Å². The maximum Gasteiger partial charge on any atom is 0.143 e. The van der Waals surface area contributed by atoms with Gasteiger partial charge in [-0.25, -0.2) is 0 Å². The fraction of sp³-hybridized carbons (Fsp3) is 0.632. The van der Waals surface area contributed by atoms with Crippen molar-refractivity contribution in [2.75, 3.05) is 0 Å². The van der Waals surface area contributed by atoms with Gasteiger partial charge >= 0.3 is 0 Å². The molecule has 0 N–H and O–H groups in total. The Kier molecular flexibility index (Phi) is 7.58. The minimum absolute atomic E-state index is 0.258. The molecule has 1 aromatic carbocycles. The van der Waals surface area contributed by atoms with Crippen molar-refractivity contribution >= 4 is 5.78 Å². The van der Waals surface area contributed by atoms with E-state index in [0.29, 0.717) is 5.78 Å². The van der Waals surface area contributed by atoms with E-state index in [-0.39, 0.29) is 5.41 Å². The molecular weight excluding hydrogens is 244 g/mol. The Bertz CT molecular complexity index is 376. The van der Waals surface area contributed by atoms with Crippen LogP contribution in [-0.4, -0.2) is 5.78 Å². The van der Waals surface area contributed by atoms with E-state index in [1.807, 2.05) is 18.2 Å². The number of carbonyl (C=O) groups is 1. The molecule has 0 aliphatic rings. The lowest BCUT2D eigenvalue weighted by Crippen LogP contribution is -2.34. The first-order valence-electron chi connectivity index (χ1n) is 8.30. The first-order chi connectivity index (χ1) is 9.71. The van der Waals surface area contributed by atoms with Gasteiger partial charge in [0.25, 0.3) is 0 Å². The molecule has 0 heterocycles. The van der Waals surface area contributed by atoms with E-state index < -0.39 is 0 Å². The van der Waals surface area contributed by atoms with E-state index >= 15 is 0 Å². The van der Waals surface area contributed by atoms with Gasteiger partial charge in [0.2, 0.25) is 0 Å². The van der Waals surface area contributed by atoms with Crippen LogP contribution in [0.2, 0.25) is 0 Å². The van der Waals surface area contributed by atoms with Gasteiger partial charge in [0.05, 0.1) is 5.41 Å². The van der Waals surface area contributed by atoms with Crippen LogP contribution in [0.5, 0.6) is 0 Å². The number of hydrogen-bond acceptors (Lipinski definition) is 1. The van der Waals surface area contributed by atoms with E-state index in [4.69, 9.17) is 0 Å². The Morgan fingerprint density at radius 1 is 0.900 bits per heavy atom. The van der Waals surface area contributed by atoms with Gasteiger partial charge in [0, 0.05) is 6.42 Å².